The summed E-state index contributed by atoms with van der Waals surface area (Å²) in [7, 11) is 0. The van der Waals surface area contributed by atoms with Gasteiger partial charge in [-0.05, 0) is 84.9 Å². The van der Waals surface area contributed by atoms with Gasteiger partial charge in [0.2, 0.25) is 5.91 Å². The molecule has 5 heteroatoms. The van der Waals surface area contributed by atoms with E-state index in [1.807, 2.05) is 24.3 Å². The van der Waals surface area contributed by atoms with Crippen molar-refractivity contribution in [3.8, 4) is 0 Å². The number of nitrogens with zero attached hydrogens (tertiary/aromatic N) is 1. The minimum Gasteiger partial charge on any atom is -0.350 e. The average Bonchev–Trinajstić information content (AvgIpc) is 2.81. The van der Waals surface area contributed by atoms with E-state index >= 15 is 0 Å². The van der Waals surface area contributed by atoms with E-state index in [1.54, 1.807) is 12.4 Å². The molecule has 1 saturated heterocycles. The number of hydrogen-bond donors (Lipinski definition) is 3. The van der Waals surface area contributed by atoms with Gasteiger partial charge in [-0.15, -0.1) is 0 Å². The van der Waals surface area contributed by atoms with Crippen molar-refractivity contribution in [2.24, 2.45) is 5.92 Å². The third kappa shape index (κ3) is 5.43. The highest BCUT2D eigenvalue weighted by atomic mass is 16.2. The van der Waals surface area contributed by atoms with Crippen molar-refractivity contribution in [3.05, 3.63) is 78.1 Å². The second-order valence-electron chi connectivity index (χ2n) is 8.05. The molecule has 1 amide bonds. The molecule has 4 rings (SSSR count). The summed E-state index contributed by atoms with van der Waals surface area (Å²) in [5, 5.41) is 12.4. The molecule has 1 aliphatic rings. The SMILES string of the molecule is O=C(NCc1ccncc1)C(NCCC1CCNCC1)c1ccc2ccccc2c1. The van der Waals surface area contributed by atoms with Crippen LogP contribution in [0.3, 0.4) is 0 Å². The van der Waals surface area contributed by atoms with Gasteiger partial charge in [0.1, 0.15) is 6.04 Å². The molecule has 1 atom stereocenters. The van der Waals surface area contributed by atoms with Gasteiger partial charge in [0.25, 0.3) is 0 Å². The van der Waals surface area contributed by atoms with Crippen LogP contribution in [0.15, 0.2) is 67.0 Å². The summed E-state index contributed by atoms with van der Waals surface area (Å²) in [6, 6.07) is 18.1. The van der Waals surface area contributed by atoms with Crippen LogP contribution in [0.4, 0.5) is 0 Å². The zero-order valence-electron chi connectivity index (χ0n) is 17.3. The van der Waals surface area contributed by atoms with E-state index in [-0.39, 0.29) is 11.9 Å². The van der Waals surface area contributed by atoms with Gasteiger partial charge in [0.05, 0.1) is 0 Å². The number of aromatic nitrogens is 1. The Labute approximate surface area is 178 Å². The number of rotatable bonds is 8. The molecule has 1 aromatic heterocycles. The average molecular weight is 403 g/mol. The maximum Gasteiger partial charge on any atom is 0.242 e. The Morgan fingerprint density at radius 2 is 1.80 bits per heavy atom. The van der Waals surface area contributed by atoms with Gasteiger partial charge in [-0.3, -0.25) is 9.78 Å². The molecule has 0 spiro atoms. The number of nitrogens with one attached hydrogen (secondary N) is 3. The fraction of sp³-hybridized carbons (Fsp3) is 0.360. The minimum atomic E-state index is -0.363. The molecule has 2 heterocycles. The predicted octanol–water partition coefficient (Wildman–Crippen LogP) is 3.57. The summed E-state index contributed by atoms with van der Waals surface area (Å²) in [6.07, 6.45) is 7.04. The second-order valence-corrected chi connectivity index (χ2v) is 8.05. The second kappa shape index (κ2) is 10.3. The number of benzene rings is 2. The van der Waals surface area contributed by atoms with Crippen LogP contribution in [0, 0.1) is 5.92 Å². The van der Waals surface area contributed by atoms with Gasteiger partial charge >= 0.3 is 0 Å². The molecule has 1 fully saturated rings. The zero-order valence-corrected chi connectivity index (χ0v) is 17.3. The van der Waals surface area contributed by atoms with Gasteiger partial charge in [-0.2, -0.15) is 0 Å². The molecule has 0 bridgehead atoms. The van der Waals surface area contributed by atoms with Crippen molar-refractivity contribution in [2.45, 2.75) is 31.8 Å². The largest absolute Gasteiger partial charge is 0.350 e. The van der Waals surface area contributed by atoms with Crippen LogP contribution in [0.1, 0.15) is 36.4 Å². The van der Waals surface area contributed by atoms with Crippen molar-refractivity contribution < 1.29 is 4.79 Å². The minimum absolute atomic E-state index is 0.00686. The van der Waals surface area contributed by atoms with Crippen LogP contribution in [-0.4, -0.2) is 30.5 Å². The summed E-state index contributed by atoms with van der Waals surface area (Å²) in [5.74, 6) is 0.739. The molecule has 3 aromatic rings. The number of carbonyl (C=O) groups excluding carboxylic acids is 1. The number of hydrogen-bond acceptors (Lipinski definition) is 4. The Kier molecular flexibility index (Phi) is 7.06. The maximum atomic E-state index is 13.1. The first kappa shape index (κ1) is 20.5. The fourth-order valence-electron chi connectivity index (χ4n) is 4.14. The van der Waals surface area contributed by atoms with E-state index in [4.69, 9.17) is 0 Å². The molecule has 0 radical (unpaired) electrons. The first-order valence-electron chi connectivity index (χ1n) is 10.9. The smallest absolute Gasteiger partial charge is 0.242 e. The highest BCUT2D eigenvalue weighted by molar-refractivity contribution is 5.87. The van der Waals surface area contributed by atoms with Crippen LogP contribution < -0.4 is 16.0 Å². The molecule has 1 aliphatic heterocycles. The summed E-state index contributed by atoms with van der Waals surface area (Å²) in [6.45, 7) is 3.54. The standard InChI is InChI=1S/C25H30N4O/c30-25(29-18-20-9-14-27-15-10-20)24(28-16-11-19-7-12-26-13-8-19)23-6-5-21-3-1-2-4-22(21)17-23/h1-6,9-10,14-15,17,19,24,26,28H,7-8,11-13,16,18H2,(H,29,30). The highest BCUT2D eigenvalue weighted by Gasteiger charge is 2.21. The number of pyridine rings is 1. The monoisotopic (exact) mass is 402 g/mol. The first-order valence-corrected chi connectivity index (χ1v) is 10.9. The predicted molar refractivity (Wildman–Crippen MR) is 121 cm³/mol. The highest BCUT2D eigenvalue weighted by Crippen LogP contribution is 2.22. The van der Waals surface area contributed by atoms with Crippen LogP contribution in [0.2, 0.25) is 0 Å². The molecule has 2 aromatic carbocycles. The van der Waals surface area contributed by atoms with E-state index in [0.717, 1.165) is 48.5 Å². The Hall–Kier alpha value is -2.76. The summed E-state index contributed by atoms with van der Waals surface area (Å²) in [4.78, 5) is 17.2. The third-order valence-corrected chi connectivity index (χ3v) is 5.94. The summed E-state index contributed by atoms with van der Waals surface area (Å²) >= 11 is 0. The summed E-state index contributed by atoms with van der Waals surface area (Å²) in [5.41, 5.74) is 2.05. The van der Waals surface area contributed by atoms with E-state index in [9.17, 15) is 4.79 Å². The lowest BCUT2D eigenvalue weighted by molar-refractivity contribution is -0.123. The topological polar surface area (TPSA) is 66.0 Å². The van der Waals surface area contributed by atoms with E-state index in [0.29, 0.717) is 6.54 Å². The fourth-order valence-corrected chi connectivity index (χ4v) is 4.14. The lowest BCUT2D eigenvalue weighted by Crippen LogP contribution is -2.38. The number of amides is 1. The molecule has 0 saturated carbocycles. The summed E-state index contributed by atoms with van der Waals surface area (Å²) < 4.78 is 0. The van der Waals surface area contributed by atoms with Crippen LogP contribution in [0.25, 0.3) is 10.8 Å². The maximum absolute atomic E-state index is 13.1. The van der Waals surface area contributed by atoms with E-state index in [2.05, 4.69) is 51.3 Å². The Morgan fingerprint density at radius 1 is 1.03 bits per heavy atom. The molecule has 3 N–H and O–H groups in total. The lowest BCUT2D eigenvalue weighted by atomic mass is 9.94. The van der Waals surface area contributed by atoms with Gasteiger partial charge in [-0.25, -0.2) is 0 Å². The van der Waals surface area contributed by atoms with E-state index < -0.39 is 0 Å². The van der Waals surface area contributed by atoms with Crippen molar-refractivity contribution in [1.82, 2.24) is 20.9 Å². The number of carbonyl (C=O) groups is 1. The number of fused-ring (bicyclic) bond motifs is 1. The van der Waals surface area contributed by atoms with Crippen molar-refractivity contribution in [2.75, 3.05) is 19.6 Å². The Bertz CT molecular complexity index is 954. The van der Waals surface area contributed by atoms with Gasteiger partial charge in [-0.1, -0.05) is 36.4 Å². The molecule has 156 valence electrons. The molecular weight excluding hydrogens is 372 g/mol. The molecule has 1 unspecified atom stereocenters. The van der Waals surface area contributed by atoms with Crippen molar-refractivity contribution in [3.63, 3.8) is 0 Å². The van der Waals surface area contributed by atoms with E-state index in [1.165, 1.54) is 18.2 Å². The Morgan fingerprint density at radius 3 is 2.60 bits per heavy atom. The van der Waals surface area contributed by atoms with Gasteiger partial charge in [0, 0.05) is 18.9 Å². The normalized spacial score (nSPS) is 15.7. The van der Waals surface area contributed by atoms with Crippen molar-refractivity contribution >= 4 is 16.7 Å². The van der Waals surface area contributed by atoms with Crippen LogP contribution in [-0.2, 0) is 11.3 Å². The first-order chi connectivity index (χ1) is 14.8. The van der Waals surface area contributed by atoms with Crippen LogP contribution in [0.5, 0.6) is 0 Å². The molecular formula is C25H30N4O. The zero-order chi connectivity index (χ0) is 20.6. The van der Waals surface area contributed by atoms with Crippen molar-refractivity contribution in [1.29, 1.82) is 0 Å². The molecule has 30 heavy (non-hydrogen) atoms. The molecule has 0 aliphatic carbocycles. The quantitative estimate of drug-likeness (QED) is 0.539. The Balaban J connectivity index is 1.46. The number of piperidine rings is 1. The van der Waals surface area contributed by atoms with Crippen LogP contribution >= 0.6 is 0 Å². The lowest BCUT2D eigenvalue weighted by Gasteiger charge is -2.24. The molecule has 5 nitrogen and oxygen atoms in total. The van der Waals surface area contributed by atoms with Gasteiger partial charge in [0.15, 0.2) is 0 Å². The van der Waals surface area contributed by atoms with Gasteiger partial charge < -0.3 is 16.0 Å². The third-order valence-electron chi connectivity index (χ3n) is 5.94.